The minimum absolute atomic E-state index is 0.699. The Hall–Kier alpha value is -2.58. The highest BCUT2D eigenvalue weighted by Gasteiger charge is 2.23. The van der Waals surface area contributed by atoms with Crippen LogP contribution in [0.1, 0.15) is 30.0 Å². The molecular weight excluding hydrogens is 310 g/mol. The van der Waals surface area contributed by atoms with E-state index < -0.39 is 0 Å². The van der Waals surface area contributed by atoms with E-state index in [2.05, 4.69) is 40.6 Å². The van der Waals surface area contributed by atoms with Gasteiger partial charge < -0.3 is 10.2 Å². The van der Waals surface area contributed by atoms with Crippen molar-refractivity contribution < 1.29 is 0 Å². The number of anilines is 1. The van der Waals surface area contributed by atoms with Gasteiger partial charge in [-0.3, -0.25) is 4.40 Å². The van der Waals surface area contributed by atoms with Crippen LogP contribution < -0.4 is 10.2 Å². The molecule has 5 heteroatoms. The highest BCUT2D eigenvalue weighted by molar-refractivity contribution is 5.86. The highest BCUT2D eigenvalue weighted by atomic mass is 15.3. The van der Waals surface area contributed by atoms with Crippen LogP contribution in [0.4, 0.5) is 5.82 Å². The Kier molecular flexibility index (Phi) is 4.06. The second-order valence-electron chi connectivity index (χ2n) is 6.62. The Bertz CT molecular complexity index is 971. The van der Waals surface area contributed by atoms with E-state index in [1.54, 1.807) is 0 Å². The first-order valence-corrected chi connectivity index (χ1v) is 9.04. The fourth-order valence-corrected chi connectivity index (χ4v) is 3.98. The van der Waals surface area contributed by atoms with E-state index in [4.69, 9.17) is 4.98 Å². The molecule has 1 aliphatic heterocycles. The molecule has 0 unspecified atom stereocenters. The molecule has 0 radical (unpaired) electrons. The van der Waals surface area contributed by atoms with Crippen molar-refractivity contribution in [2.75, 3.05) is 31.1 Å². The van der Waals surface area contributed by atoms with Crippen molar-refractivity contribution >= 4 is 22.5 Å². The van der Waals surface area contributed by atoms with E-state index in [1.807, 2.05) is 18.2 Å². The van der Waals surface area contributed by atoms with Crippen molar-refractivity contribution in [3.05, 3.63) is 41.0 Å². The number of hydrogen-bond acceptors (Lipinski definition) is 4. The first kappa shape index (κ1) is 15.9. The predicted molar refractivity (Wildman–Crippen MR) is 101 cm³/mol. The molecule has 3 aromatic rings. The summed E-state index contributed by atoms with van der Waals surface area (Å²) in [7, 11) is 0. The molecule has 5 nitrogen and oxygen atoms in total. The van der Waals surface area contributed by atoms with Crippen LogP contribution in [0.15, 0.2) is 24.3 Å². The average molecular weight is 333 g/mol. The Morgan fingerprint density at radius 2 is 2.08 bits per heavy atom. The number of para-hydroxylation sites is 2. The van der Waals surface area contributed by atoms with E-state index >= 15 is 0 Å². The summed E-state index contributed by atoms with van der Waals surface area (Å²) in [6.07, 6.45) is 2.03. The maximum Gasteiger partial charge on any atom is 0.157 e. The first-order chi connectivity index (χ1) is 12.3. The number of nitrogens with one attached hydrogen (secondary N) is 1. The number of nitrogens with zero attached hydrogens (tertiary/aromatic N) is 4. The zero-order valence-corrected chi connectivity index (χ0v) is 14.8. The lowest BCUT2D eigenvalue weighted by atomic mass is 10.0. The molecule has 0 bridgehead atoms. The third-order valence-corrected chi connectivity index (χ3v) is 5.20. The largest absolute Gasteiger partial charge is 0.356 e. The second kappa shape index (κ2) is 6.38. The minimum Gasteiger partial charge on any atom is -0.356 e. The van der Waals surface area contributed by atoms with Crippen molar-refractivity contribution in [2.45, 2.75) is 26.7 Å². The van der Waals surface area contributed by atoms with Gasteiger partial charge in [0, 0.05) is 19.6 Å². The van der Waals surface area contributed by atoms with Gasteiger partial charge in [0.25, 0.3) is 0 Å². The lowest BCUT2D eigenvalue weighted by Gasteiger charge is -2.28. The second-order valence-corrected chi connectivity index (χ2v) is 6.62. The number of benzene rings is 1. The number of aromatic nitrogens is 2. The topological polar surface area (TPSA) is 56.4 Å². The van der Waals surface area contributed by atoms with E-state index in [0.29, 0.717) is 5.56 Å². The van der Waals surface area contributed by atoms with Crippen molar-refractivity contribution in [3.8, 4) is 6.07 Å². The molecule has 4 rings (SSSR count). The summed E-state index contributed by atoms with van der Waals surface area (Å²) < 4.78 is 2.21. The quantitative estimate of drug-likeness (QED) is 0.783. The van der Waals surface area contributed by atoms with Crippen LogP contribution in [0.5, 0.6) is 0 Å². The molecule has 0 saturated carbocycles. The van der Waals surface area contributed by atoms with Crippen LogP contribution in [0.3, 0.4) is 0 Å². The normalized spacial score (nSPS) is 15.5. The fourth-order valence-electron chi connectivity index (χ4n) is 3.98. The van der Waals surface area contributed by atoms with E-state index in [-0.39, 0.29) is 0 Å². The van der Waals surface area contributed by atoms with Gasteiger partial charge in [0.1, 0.15) is 11.9 Å². The Labute approximate surface area is 147 Å². The predicted octanol–water partition coefficient (Wildman–Crippen LogP) is 3.03. The molecule has 3 heterocycles. The van der Waals surface area contributed by atoms with Crippen LogP contribution in [-0.4, -0.2) is 35.6 Å². The summed E-state index contributed by atoms with van der Waals surface area (Å²) in [6.45, 7) is 8.27. The highest BCUT2D eigenvalue weighted by Crippen LogP contribution is 2.33. The van der Waals surface area contributed by atoms with E-state index in [9.17, 15) is 5.26 Å². The van der Waals surface area contributed by atoms with Crippen LogP contribution in [0, 0.1) is 18.3 Å². The van der Waals surface area contributed by atoms with Gasteiger partial charge in [0.2, 0.25) is 0 Å². The molecule has 1 aromatic carbocycles. The van der Waals surface area contributed by atoms with E-state index in [1.165, 1.54) is 11.4 Å². The van der Waals surface area contributed by atoms with Gasteiger partial charge in [-0.05, 0) is 49.6 Å². The SMILES string of the molecule is CCc1c(C)c(C#N)c2nc3ccccc3n2c1N1CCCNCC1. The maximum absolute atomic E-state index is 9.78. The molecule has 0 amide bonds. The van der Waals surface area contributed by atoms with Crippen molar-refractivity contribution in [3.63, 3.8) is 0 Å². The number of imidazole rings is 1. The number of nitriles is 1. The van der Waals surface area contributed by atoms with Gasteiger partial charge in [0.15, 0.2) is 5.65 Å². The molecule has 1 aliphatic rings. The zero-order valence-electron chi connectivity index (χ0n) is 14.8. The van der Waals surface area contributed by atoms with Gasteiger partial charge in [0.05, 0.1) is 16.6 Å². The summed E-state index contributed by atoms with van der Waals surface area (Å²) in [5.74, 6) is 1.21. The van der Waals surface area contributed by atoms with Crippen LogP contribution in [-0.2, 0) is 6.42 Å². The lowest BCUT2D eigenvalue weighted by Crippen LogP contribution is -2.31. The molecule has 1 N–H and O–H groups in total. The fraction of sp³-hybridized carbons (Fsp3) is 0.400. The van der Waals surface area contributed by atoms with Gasteiger partial charge in [-0.2, -0.15) is 5.26 Å². The molecule has 25 heavy (non-hydrogen) atoms. The van der Waals surface area contributed by atoms with Crippen molar-refractivity contribution in [1.29, 1.82) is 5.26 Å². The lowest BCUT2D eigenvalue weighted by molar-refractivity contribution is 0.724. The third kappa shape index (κ3) is 2.45. The monoisotopic (exact) mass is 333 g/mol. The number of fused-ring (bicyclic) bond motifs is 3. The summed E-state index contributed by atoms with van der Waals surface area (Å²) in [6, 6.07) is 10.6. The first-order valence-electron chi connectivity index (χ1n) is 9.04. The van der Waals surface area contributed by atoms with E-state index in [0.717, 1.165) is 61.3 Å². The number of hydrogen-bond donors (Lipinski definition) is 1. The molecule has 1 fully saturated rings. The third-order valence-electron chi connectivity index (χ3n) is 5.20. The number of pyridine rings is 1. The Morgan fingerprint density at radius 3 is 2.88 bits per heavy atom. The minimum atomic E-state index is 0.699. The maximum atomic E-state index is 9.78. The Morgan fingerprint density at radius 1 is 1.24 bits per heavy atom. The summed E-state index contributed by atoms with van der Waals surface area (Å²) in [5.41, 5.74) is 5.83. The zero-order chi connectivity index (χ0) is 17.4. The Balaban J connectivity index is 2.13. The average Bonchev–Trinajstić information content (AvgIpc) is 2.81. The molecule has 0 spiro atoms. The van der Waals surface area contributed by atoms with Gasteiger partial charge in [-0.25, -0.2) is 4.98 Å². The van der Waals surface area contributed by atoms with Gasteiger partial charge in [-0.1, -0.05) is 19.1 Å². The van der Waals surface area contributed by atoms with Crippen molar-refractivity contribution in [2.24, 2.45) is 0 Å². The molecule has 0 aliphatic carbocycles. The summed E-state index contributed by atoms with van der Waals surface area (Å²) in [4.78, 5) is 7.27. The van der Waals surface area contributed by atoms with Crippen LogP contribution >= 0.6 is 0 Å². The standard InChI is InChI=1S/C20H23N5/c1-3-15-14(2)16(13-21)19-23-17-7-4-5-8-18(17)25(19)20(15)24-11-6-9-22-10-12-24/h4-5,7-8,22H,3,6,9-12H2,1-2H3. The molecule has 2 aromatic heterocycles. The molecule has 1 saturated heterocycles. The van der Waals surface area contributed by atoms with Crippen molar-refractivity contribution in [1.82, 2.24) is 14.7 Å². The molecular formula is C20H23N5. The summed E-state index contributed by atoms with van der Waals surface area (Å²) in [5, 5.41) is 13.3. The smallest absolute Gasteiger partial charge is 0.157 e. The summed E-state index contributed by atoms with van der Waals surface area (Å²) >= 11 is 0. The molecule has 0 atom stereocenters. The van der Waals surface area contributed by atoms with Gasteiger partial charge >= 0.3 is 0 Å². The van der Waals surface area contributed by atoms with Gasteiger partial charge in [-0.15, -0.1) is 0 Å². The number of rotatable bonds is 2. The molecule has 128 valence electrons. The van der Waals surface area contributed by atoms with Crippen LogP contribution in [0.25, 0.3) is 16.7 Å². The van der Waals surface area contributed by atoms with Crippen LogP contribution in [0.2, 0.25) is 0 Å².